The van der Waals surface area contributed by atoms with Crippen LogP contribution < -0.4 is 0 Å². The molecule has 226 valence electrons. The van der Waals surface area contributed by atoms with Crippen LogP contribution >= 0.6 is 0 Å². The second-order valence-corrected chi connectivity index (χ2v) is 13.2. The Morgan fingerprint density at radius 1 is 0.604 bits per heavy atom. The lowest BCUT2D eigenvalue weighted by atomic mass is 9.81. The van der Waals surface area contributed by atoms with E-state index in [4.69, 9.17) is 15.0 Å². The first-order valence-corrected chi connectivity index (χ1v) is 16.5. The summed E-state index contributed by atoms with van der Waals surface area (Å²) in [5, 5.41) is 4.65. The fraction of sp³-hybridized carbons (Fsp3) is 0.0682. The minimum atomic E-state index is -0.209. The predicted octanol–water partition coefficient (Wildman–Crippen LogP) is 10.9. The molecule has 4 nitrogen and oxygen atoms in total. The van der Waals surface area contributed by atoms with Gasteiger partial charge in [0.2, 0.25) is 0 Å². The first-order valence-electron chi connectivity index (χ1n) is 16.5. The Labute approximate surface area is 278 Å². The number of pyridine rings is 1. The highest BCUT2D eigenvalue weighted by atomic mass is 15.0. The van der Waals surface area contributed by atoms with Crippen LogP contribution in [0.3, 0.4) is 0 Å². The van der Waals surface area contributed by atoms with E-state index in [1.807, 2.05) is 30.5 Å². The van der Waals surface area contributed by atoms with E-state index in [1.54, 1.807) is 0 Å². The Balaban J connectivity index is 1.36. The van der Waals surface area contributed by atoms with E-state index in [9.17, 15) is 0 Å². The summed E-state index contributed by atoms with van der Waals surface area (Å²) in [6.07, 6.45) is 1.94. The summed E-state index contributed by atoms with van der Waals surface area (Å²) in [4.78, 5) is 15.4. The van der Waals surface area contributed by atoms with Crippen LogP contribution in [0.1, 0.15) is 25.0 Å². The Hall–Kier alpha value is -6.13. The van der Waals surface area contributed by atoms with Crippen molar-refractivity contribution in [2.75, 3.05) is 0 Å². The molecule has 4 heteroatoms. The van der Waals surface area contributed by atoms with Crippen molar-refractivity contribution in [2.45, 2.75) is 19.3 Å². The molecule has 0 amide bonds. The molecule has 3 heterocycles. The number of rotatable bonds is 3. The van der Waals surface area contributed by atoms with Gasteiger partial charge >= 0.3 is 0 Å². The third-order valence-electron chi connectivity index (χ3n) is 10.2. The van der Waals surface area contributed by atoms with Gasteiger partial charge in [0.15, 0.2) is 5.82 Å². The molecular weight excluding hydrogens is 585 g/mol. The number of para-hydroxylation sites is 1. The van der Waals surface area contributed by atoms with E-state index in [2.05, 4.69) is 134 Å². The van der Waals surface area contributed by atoms with Crippen molar-refractivity contribution in [1.82, 2.24) is 19.5 Å². The zero-order valence-corrected chi connectivity index (χ0v) is 26.6. The first-order chi connectivity index (χ1) is 23.6. The summed E-state index contributed by atoms with van der Waals surface area (Å²) < 4.78 is 2.47. The van der Waals surface area contributed by atoms with Crippen molar-refractivity contribution in [3.8, 4) is 39.5 Å². The Kier molecular flexibility index (Phi) is 5.59. The van der Waals surface area contributed by atoms with Gasteiger partial charge in [-0.05, 0) is 47.0 Å². The zero-order chi connectivity index (χ0) is 32.0. The standard InChI is InChI=1S/C44H30N4/c1-44(2)34-21-11-9-18-30(34)38-39(44)41-32(20-13-25-45-41)37-31-19-10-12-22-36(31)48(42(37)38)29-23-24-35-33(26-29)40(27-14-5-3-6-15-27)47-43(46-35)28-16-7-4-8-17-28/h3-26H,1-2H3. The molecule has 9 aromatic rings. The van der Waals surface area contributed by atoms with Gasteiger partial charge in [0.1, 0.15) is 0 Å². The van der Waals surface area contributed by atoms with Gasteiger partial charge in [0.25, 0.3) is 0 Å². The second-order valence-electron chi connectivity index (χ2n) is 13.2. The monoisotopic (exact) mass is 614 g/mol. The molecule has 48 heavy (non-hydrogen) atoms. The molecule has 1 aliphatic carbocycles. The maximum Gasteiger partial charge on any atom is 0.160 e. The smallest absolute Gasteiger partial charge is 0.160 e. The topological polar surface area (TPSA) is 43.6 Å². The molecular formula is C44H30N4. The summed E-state index contributed by atoms with van der Waals surface area (Å²) in [5.41, 5.74) is 13.4. The predicted molar refractivity (Wildman–Crippen MR) is 198 cm³/mol. The lowest BCUT2D eigenvalue weighted by molar-refractivity contribution is 0.665. The van der Waals surface area contributed by atoms with E-state index in [1.165, 1.54) is 43.9 Å². The molecule has 0 unspecified atom stereocenters. The zero-order valence-electron chi connectivity index (χ0n) is 26.6. The first kappa shape index (κ1) is 27.0. The molecule has 0 atom stereocenters. The van der Waals surface area contributed by atoms with Gasteiger partial charge in [-0.25, -0.2) is 9.97 Å². The molecule has 1 aliphatic rings. The third-order valence-corrected chi connectivity index (χ3v) is 10.2. The highest BCUT2D eigenvalue weighted by Gasteiger charge is 2.40. The summed E-state index contributed by atoms with van der Waals surface area (Å²) in [6, 6.07) is 49.3. The van der Waals surface area contributed by atoms with Gasteiger partial charge in [0, 0.05) is 55.5 Å². The molecule has 0 fully saturated rings. The number of hydrogen-bond acceptors (Lipinski definition) is 3. The van der Waals surface area contributed by atoms with E-state index in [0.717, 1.165) is 50.3 Å². The van der Waals surface area contributed by atoms with Crippen molar-refractivity contribution < 1.29 is 0 Å². The van der Waals surface area contributed by atoms with Gasteiger partial charge in [-0.3, -0.25) is 4.98 Å². The molecule has 0 bridgehead atoms. The fourth-order valence-electron chi connectivity index (χ4n) is 8.10. The average Bonchev–Trinajstić information content (AvgIpc) is 3.61. The summed E-state index contributed by atoms with van der Waals surface area (Å²) in [5.74, 6) is 0.724. The van der Waals surface area contributed by atoms with Gasteiger partial charge < -0.3 is 4.57 Å². The highest BCUT2D eigenvalue weighted by molar-refractivity contribution is 6.26. The molecule has 3 aromatic heterocycles. The van der Waals surface area contributed by atoms with Crippen LogP contribution in [0.4, 0.5) is 0 Å². The largest absolute Gasteiger partial charge is 0.309 e. The van der Waals surface area contributed by atoms with E-state index in [-0.39, 0.29) is 5.41 Å². The molecule has 0 N–H and O–H groups in total. The summed E-state index contributed by atoms with van der Waals surface area (Å²) in [6.45, 7) is 4.68. The number of aromatic nitrogens is 4. The normalized spacial score (nSPS) is 13.4. The van der Waals surface area contributed by atoms with E-state index >= 15 is 0 Å². The van der Waals surface area contributed by atoms with Crippen molar-refractivity contribution >= 4 is 43.6 Å². The molecule has 0 aliphatic heterocycles. The van der Waals surface area contributed by atoms with Gasteiger partial charge in [-0.1, -0.05) is 123 Å². The second kappa shape index (κ2) is 9.93. The van der Waals surface area contributed by atoms with Crippen molar-refractivity contribution in [1.29, 1.82) is 0 Å². The van der Waals surface area contributed by atoms with Crippen molar-refractivity contribution in [3.05, 3.63) is 157 Å². The van der Waals surface area contributed by atoms with E-state index < -0.39 is 0 Å². The van der Waals surface area contributed by atoms with Crippen LogP contribution in [-0.2, 0) is 5.41 Å². The van der Waals surface area contributed by atoms with Crippen molar-refractivity contribution in [3.63, 3.8) is 0 Å². The van der Waals surface area contributed by atoms with Crippen LogP contribution in [-0.4, -0.2) is 19.5 Å². The molecule has 0 saturated carbocycles. The highest BCUT2D eigenvalue weighted by Crippen LogP contribution is 2.55. The number of benzene rings is 6. The number of nitrogens with zero attached hydrogens (tertiary/aromatic N) is 4. The fourth-order valence-corrected chi connectivity index (χ4v) is 8.10. The Bertz CT molecular complexity index is 2740. The third kappa shape index (κ3) is 3.68. The van der Waals surface area contributed by atoms with Crippen LogP contribution in [0.15, 0.2) is 146 Å². The Morgan fingerprint density at radius 2 is 1.31 bits per heavy atom. The average molecular weight is 615 g/mol. The van der Waals surface area contributed by atoms with Crippen LogP contribution in [0.2, 0.25) is 0 Å². The summed E-state index contributed by atoms with van der Waals surface area (Å²) >= 11 is 0. The molecule has 0 radical (unpaired) electrons. The Morgan fingerprint density at radius 3 is 2.15 bits per heavy atom. The quantitative estimate of drug-likeness (QED) is 0.199. The van der Waals surface area contributed by atoms with Crippen LogP contribution in [0.25, 0.3) is 83.1 Å². The van der Waals surface area contributed by atoms with Crippen LogP contribution in [0, 0.1) is 0 Å². The number of hydrogen-bond donors (Lipinski definition) is 0. The van der Waals surface area contributed by atoms with E-state index in [0.29, 0.717) is 0 Å². The molecule has 0 saturated heterocycles. The summed E-state index contributed by atoms with van der Waals surface area (Å²) in [7, 11) is 0. The maximum absolute atomic E-state index is 5.21. The minimum absolute atomic E-state index is 0.209. The molecule has 0 spiro atoms. The maximum atomic E-state index is 5.21. The minimum Gasteiger partial charge on any atom is -0.309 e. The lowest BCUT2D eigenvalue weighted by Crippen LogP contribution is -2.16. The van der Waals surface area contributed by atoms with Crippen molar-refractivity contribution in [2.24, 2.45) is 0 Å². The number of fused-ring (bicyclic) bond motifs is 11. The van der Waals surface area contributed by atoms with Gasteiger partial charge in [-0.2, -0.15) is 0 Å². The van der Waals surface area contributed by atoms with Gasteiger partial charge in [0.05, 0.1) is 27.8 Å². The lowest BCUT2D eigenvalue weighted by Gasteiger charge is -2.23. The molecule has 6 aromatic carbocycles. The van der Waals surface area contributed by atoms with Gasteiger partial charge in [-0.15, -0.1) is 0 Å². The SMILES string of the molecule is CC1(C)c2ccccc2-c2c1c1ncccc1c1c3ccccc3n(-c3ccc4nc(-c5ccccc5)nc(-c5ccccc5)c4c3)c21. The van der Waals surface area contributed by atoms with Crippen LogP contribution in [0.5, 0.6) is 0 Å². The molecule has 10 rings (SSSR count).